The number of urea groups is 1. The second kappa shape index (κ2) is 6.41. The van der Waals surface area contributed by atoms with Crippen molar-refractivity contribution in [3.63, 3.8) is 0 Å². The Bertz CT molecular complexity index is 649. The van der Waals surface area contributed by atoms with E-state index in [0.717, 1.165) is 10.4 Å². The van der Waals surface area contributed by atoms with Gasteiger partial charge in [-0.1, -0.05) is 12.1 Å². The lowest BCUT2D eigenvalue weighted by atomic mass is 10.1. The quantitative estimate of drug-likeness (QED) is 0.811. The highest BCUT2D eigenvalue weighted by molar-refractivity contribution is 7.13. The number of carbonyl (C=O) groups excluding carboxylic acids is 2. The van der Waals surface area contributed by atoms with Gasteiger partial charge in [0, 0.05) is 10.6 Å². The Morgan fingerprint density at radius 3 is 2.33 bits per heavy atom. The van der Waals surface area contributed by atoms with Crippen LogP contribution in [-0.4, -0.2) is 11.9 Å². The van der Waals surface area contributed by atoms with Crippen LogP contribution in [0, 0.1) is 6.92 Å². The Balaban J connectivity index is 2.01. The van der Waals surface area contributed by atoms with Crippen LogP contribution in [0.25, 0.3) is 0 Å². The molecule has 0 spiro atoms. The van der Waals surface area contributed by atoms with Crippen LogP contribution in [0.3, 0.4) is 0 Å². The average Bonchev–Trinajstić information content (AvgIpc) is 2.85. The summed E-state index contributed by atoms with van der Waals surface area (Å²) >= 11 is 1.47. The molecule has 0 aliphatic heterocycles. The monoisotopic (exact) mass is 303 g/mol. The molecule has 2 rings (SSSR count). The van der Waals surface area contributed by atoms with Crippen LogP contribution >= 0.6 is 11.3 Å². The number of primary amides is 1. The maximum atomic E-state index is 12.1. The summed E-state index contributed by atoms with van der Waals surface area (Å²) in [7, 11) is 0. The molecule has 0 saturated carbocycles. The van der Waals surface area contributed by atoms with Crippen molar-refractivity contribution in [2.75, 3.05) is 5.32 Å². The lowest BCUT2D eigenvalue weighted by Gasteiger charge is -2.14. The van der Waals surface area contributed by atoms with Crippen molar-refractivity contribution in [1.29, 1.82) is 0 Å². The largest absolute Gasteiger partial charge is 0.351 e. The molecular weight excluding hydrogens is 286 g/mol. The first-order valence-electron chi connectivity index (χ1n) is 6.49. The second-order valence-corrected chi connectivity index (χ2v) is 6.00. The molecule has 0 radical (unpaired) electrons. The van der Waals surface area contributed by atoms with Crippen LogP contribution in [-0.2, 0) is 0 Å². The number of anilines is 1. The van der Waals surface area contributed by atoms with Crippen molar-refractivity contribution in [3.05, 3.63) is 51.7 Å². The van der Waals surface area contributed by atoms with Gasteiger partial charge in [0.2, 0.25) is 0 Å². The van der Waals surface area contributed by atoms with Crippen LogP contribution in [0.15, 0.2) is 36.4 Å². The highest BCUT2D eigenvalue weighted by Gasteiger charge is 2.12. The number of benzene rings is 1. The fourth-order valence-corrected chi connectivity index (χ4v) is 2.68. The molecule has 0 aliphatic rings. The molecule has 5 nitrogen and oxygen atoms in total. The van der Waals surface area contributed by atoms with Gasteiger partial charge in [-0.25, -0.2) is 4.79 Å². The van der Waals surface area contributed by atoms with Gasteiger partial charge in [0.15, 0.2) is 0 Å². The zero-order valence-corrected chi connectivity index (χ0v) is 12.7. The zero-order valence-electron chi connectivity index (χ0n) is 11.8. The van der Waals surface area contributed by atoms with Gasteiger partial charge in [0.1, 0.15) is 0 Å². The second-order valence-electron chi connectivity index (χ2n) is 4.72. The van der Waals surface area contributed by atoms with Gasteiger partial charge in [-0.05, 0) is 43.7 Å². The number of carbonyl (C=O) groups is 2. The third-order valence-corrected chi connectivity index (χ3v) is 3.99. The molecule has 0 fully saturated rings. The van der Waals surface area contributed by atoms with Crippen molar-refractivity contribution < 1.29 is 9.59 Å². The van der Waals surface area contributed by atoms with E-state index in [1.807, 2.05) is 38.1 Å². The Labute approximate surface area is 127 Å². The van der Waals surface area contributed by atoms with Gasteiger partial charge in [-0.15, -0.1) is 11.3 Å². The molecule has 21 heavy (non-hydrogen) atoms. The molecular formula is C15H17N3O2S. The summed E-state index contributed by atoms with van der Waals surface area (Å²) < 4.78 is 0. The van der Waals surface area contributed by atoms with Crippen molar-refractivity contribution in [3.8, 4) is 0 Å². The summed E-state index contributed by atoms with van der Waals surface area (Å²) in [5, 5.41) is 5.44. The minimum absolute atomic E-state index is 0.0834. The molecule has 4 N–H and O–H groups in total. The summed E-state index contributed by atoms with van der Waals surface area (Å²) in [6, 6.07) is 10.2. The fraction of sp³-hybridized carbons (Fsp3) is 0.200. The first-order chi connectivity index (χ1) is 9.95. The van der Waals surface area contributed by atoms with Crippen LogP contribution in [0.2, 0.25) is 0 Å². The number of rotatable bonds is 4. The lowest BCUT2D eigenvalue weighted by Crippen LogP contribution is -2.25. The van der Waals surface area contributed by atoms with E-state index in [-0.39, 0.29) is 11.9 Å². The number of amides is 3. The molecule has 3 amide bonds. The minimum Gasteiger partial charge on any atom is -0.351 e. The minimum atomic E-state index is -0.600. The predicted octanol–water partition coefficient (Wildman–Crippen LogP) is 3.04. The van der Waals surface area contributed by atoms with Crippen molar-refractivity contribution >= 4 is 29.0 Å². The van der Waals surface area contributed by atoms with Crippen molar-refractivity contribution in [1.82, 2.24) is 5.32 Å². The Kier molecular flexibility index (Phi) is 4.59. The number of hydrogen-bond donors (Lipinski definition) is 3. The number of aryl methyl sites for hydroxylation is 1. The number of thiophene rings is 1. The molecule has 1 atom stereocenters. The Morgan fingerprint density at radius 2 is 1.81 bits per heavy atom. The van der Waals surface area contributed by atoms with Gasteiger partial charge in [-0.2, -0.15) is 0 Å². The van der Waals surface area contributed by atoms with Gasteiger partial charge < -0.3 is 16.4 Å². The molecule has 110 valence electrons. The summed E-state index contributed by atoms with van der Waals surface area (Å²) in [5.74, 6) is -0.0834. The number of nitrogens with one attached hydrogen (secondary N) is 2. The van der Waals surface area contributed by atoms with Crippen LogP contribution < -0.4 is 16.4 Å². The van der Waals surface area contributed by atoms with E-state index < -0.39 is 6.03 Å². The van der Waals surface area contributed by atoms with Crippen molar-refractivity contribution in [2.24, 2.45) is 5.73 Å². The highest BCUT2D eigenvalue weighted by Crippen LogP contribution is 2.19. The molecule has 6 heteroatoms. The van der Waals surface area contributed by atoms with E-state index in [1.165, 1.54) is 11.3 Å². The number of nitrogens with two attached hydrogens (primary N) is 1. The lowest BCUT2D eigenvalue weighted by molar-refractivity contribution is 0.0944. The zero-order chi connectivity index (χ0) is 15.4. The summed E-state index contributed by atoms with van der Waals surface area (Å²) in [5.41, 5.74) is 6.62. The maximum Gasteiger partial charge on any atom is 0.316 e. The summed E-state index contributed by atoms with van der Waals surface area (Å²) in [4.78, 5) is 24.6. The molecule has 2 aromatic rings. The van der Waals surface area contributed by atoms with Crippen molar-refractivity contribution in [2.45, 2.75) is 19.9 Å². The fourth-order valence-electron chi connectivity index (χ4n) is 1.91. The molecule has 1 aromatic carbocycles. The molecule has 1 heterocycles. The van der Waals surface area contributed by atoms with Crippen LogP contribution in [0.5, 0.6) is 0 Å². The first-order valence-corrected chi connectivity index (χ1v) is 7.31. The molecule has 0 unspecified atom stereocenters. The van der Waals surface area contributed by atoms with Gasteiger partial charge in [0.05, 0.1) is 10.9 Å². The Hall–Kier alpha value is -2.34. The predicted molar refractivity (Wildman–Crippen MR) is 84.6 cm³/mol. The third kappa shape index (κ3) is 4.06. The van der Waals surface area contributed by atoms with E-state index in [9.17, 15) is 9.59 Å². The van der Waals surface area contributed by atoms with E-state index in [4.69, 9.17) is 5.73 Å². The third-order valence-electron chi connectivity index (χ3n) is 2.99. The number of hydrogen-bond acceptors (Lipinski definition) is 3. The van der Waals surface area contributed by atoms with Gasteiger partial charge in [-0.3, -0.25) is 4.79 Å². The summed E-state index contributed by atoms with van der Waals surface area (Å²) in [6.07, 6.45) is 0. The van der Waals surface area contributed by atoms with E-state index in [0.29, 0.717) is 10.6 Å². The smallest absolute Gasteiger partial charge is 0.316 e. The van der Waals surface area contributed by atoms with Gasteiger partial charge in [0.25, 0.3) is 5.91 Å². The SMILES string of the molecule is Cc1ccc(C(=O)N[C@@H](C)c2ccc(NC(N)=O)cc2)s1. The normalized spacial score (nSPS) is 11.7. The average molecular weight is 303 g/mol. The topological polar surface area (TPSA) is 84.2 Å². The summed E-state index contributed by atoms with van der Waals surface area (Å²) in [6.45, 7) is 3.88. The maximum absolute atomic E-state index is 12.1. The van der Waals surface area contributed by atoms with E-state index in [2.05, 4.69) is 10.6 Å². The standard InChI is InChI=1S/C15H17N3O2S/c1-9-3-8-13(21-9)14(19)17-10(2)11-4-6-12(7-5-11)18-15(16)20/h3-8,10H,1-2H3,(H,17,19)(H3,16,18,20)/t10-/m0/s1. The van der Waals surface area contributed by atoms with E-state index in [1.54, 1.807) is 12.1 Å². The van der Waals surface area contributed by atoms with Gasteiger partial charge >= 0.3 is 6.03 Å². The van der Waals surface area contributed by atoms with E-state index >= 15 is 0 Å². The molecule has 0 bridgehead atoms. The highest BCUT2D eigenvalue weighted by atomic mass is 32.1. The van der Waals surface area contributed by atoms with Crippen LogP contribution in [0.1, 0.15) is 33.1 Å². The molecule has 1 aromatic heterocycles. The molecule has 0 saturated heterocycles. The van der Waals surface area contributed by atoms with Crippen LogP contribution in [0.4, 0.5) is 10.5 Å². The first kappa shape index (κ1) is 15.1. The Morgan fingerprint density at radius 1 is 1.14 bits per heavy atom. The molecule has 0 aliphatic carbocycles.